The van der Waals surface area contributed by atoms with Crippen molar-refractivity contribution in [2.45, 2.75) is 19.1 Å². The van der Waals surface area contributed by atoms with E-state index in [1.54, 1.807) is 38.1 Å². The number of nitrogens with zero attached hydrogens (tertiary/aromatic N) is 1. The van der Waals surface area contributed by atoms with Crippen molar-refractivity contribution in [3.05, 3.63) is 65.4 Å². The molecule has 0 unspecified atom stereocenters. The molecule has 3 rings (SSSR count). The molecule has 0 aliphatic rings. The second-order valence-electron chi connectivity index (χ2n) is 6.37. The Hall–Kier alpha value is -2.97. The third kappa shape index (κ3) is 6.27. The van der Waals surface area contributed by atoms with Crippen molar-refractivity contribution in [1.29, 1.82) is 0 Å². The van der Waals surface area contributed by atoms with Gasteiger partial charge in [-0.05, 0) is 44.2 Å². The minimum atomic E-state index is -0.466. The highest BCUT2D eigenvalue weighted by atomic mass is 35.5. The molecule has 0 saturated carbocycles. The maximum absolute atomic E-state index is 12.4. The summed E-state index contributed by atoms with van der Waals surface area (Å²) in [5.41, 5.74) is 0.451. The number of aromatic nitrogens is 1. The average Bonchev–Trinajstić information content (AvgIpc) is 3.13. The first kappa shape index (κ1) is 21.7. The Balaban J connectivity index is 1.56. The third-order valence-electron chi connectivity index (χ3n) is 3.90. The first-order chi connectivity index (χ1) is 14.4. The van der Waals surface area contributed by atoms with Gasteiger partial charge in [0.25, 0.3) is 0 Å². The number of benzene rings is 2. The lowest BCUT2D eigenvalue weighted by Gasteiger charge is -2.14. The highest BCUT2D eigenvalue weighted by molar-refractivity contribution is 8.01. The van der Waals surface area contributed by atoms with E-state index in [1.807, 2.05) is 30.3 Å². The number of anilines is 2. The normalized spacial score (nSPS) is 11.6. The number of ether oxygens (including phenoxy) is 1. The Labute approximate surface area is 183 Å². The maximum Gasteiger partial charge on any atom is 0.238 e. The van der Waals surface area contributed by atoms with Crippen LogP contribution in [0.5, 0.6) is 11.5 Å². The summed E-state index contributed by atoms with van der Waals surface area (Å²) < 4.78 is 10.8. The molecule has 0 bridgehead atoms. The van der Waals surface area contributed by atoms with E-state index >= 15 is 0 Å². The lowest BCUT2D eigenvalue weighted by atomic mass is 10.3. The predicted molar refractivity (Wildman–Crippen MR) is 118 cm³/mol. The number of nitrogens with one attached hydrogen (secondary N) is 2. The maximum atomic E-state index is 12.4. The molecule has 0 spiro atoms. The minimum Gasteiger partial charge on any atom is -0.455 e. The molecule has 1 heterocycles. The van der Waals surface area contributed by atoms with E-state index in [1.165, 1.54) is 11.8 Å². The number of aryl methyl sites for hydroxylation is 1. The minimum absolute atomic E-state index is 0.0731. The van der Waals surface area contributed by atoms with Crippen LogP contribution in [0.1, 0.15) is 12.7 Å². The number of hydrogen-bond acceptors (Lipinski definition) is 6. The molecule has 3 aromatic rings. The van der Waals surface area contributed by atoms with Gasteiger partial charge in [-0.3, -0.25) is 9.59 Å². The second-order valence-corrected chi connectivity index (χ2v) is 8.13. The fourth-order valence-corrected chi connectivity index (χ4v) is 3.28. The van der Waals surface area contributed by atoms with E-state index in [2.05, 4.69) is 15.8 Å². The van der Waals surface area contributed by atoms with Crippen LogP contribution < -0.4 is 15.4 Å². The zero-order valence-electron chi connectivity index (χ0n) is 16.3. The van der Waals surface area contributed by atoms with Crippen LogP contribution in [-0.4, -0.2) is 28.0 Å². The summed E-state index contributed by atoms with van der Waals surface area (Å²) in [5.74, 6) is 1.57. The molecule has 2 amide bonds. The van der Waals surface area contributed by atoms with Crippen LogP contribution in [0.25, 0.3) is 0 Å². The van der Waals surface area contributed by atoms with E-state index in [0.29, 0.717) is 33.8 Å². The van der Waals surface area contributed by atoms with Crippen molar-refractivity contribution in [2.24, 2.45) is 0 Å². The molecule has 156 valence electrons. The van der Waals surface area contributed by atoms with Gasteiger partial charge in [0.15, 0.2) is 11.6 Å². The number of hydrogen-bond donors (Lipinski definition) is 2. The van der Waals surface area contributed by atoms with Crippen LogP contribution in [0.4, 0.5) is 11.5 Å². The van der Waals surface area contributed by atoms with Crippen LogP contribution in [0.3, 0.4) is 0 Å². The molecular weight excluding hydrogens is 426 g/mol. The molecule has 0 radical (unpaired) electrons. The van der Waals surface area contributed by atoms with Gasteiger partial charge in [-0.2, -0.15) is 0 Å². The number of thioether (sulfide) groups is 1. The van der Waals surface area contributed by atoms with Crippen LogP contribution >= 0.6 is 23.4 Å². The van der Waals surface area contributed by atoms with Gasteiger partial charge in [0, 0.05) is 11.1 Å². The van der Waals surface area contributed by atoms with Crippen LogP contribution in [-0.2, 0) is 9.59 Å². The van der Waals surface area contributed by atoms with E-state index in [-0.39, 0.29) is 17.6 Å². The van der Waals surface area contributed by atoms with Gasteiger partial charge in [-0.25, -0.2) is 0 Å². The lowest BCUT2D eigenvalue weighted by Crippen LogP contribution is -2.25. The molecular formula is C21H20ClN3O4S. The van der Waals surface area contributed by atoms with Gasteiger partial charge in [-0.1, -0.05) is 35.0 Å². The number of rotatable bonds is 8. The monoisotopic (exact) mass is 445 g/mol. The molecule has 0 saturated heterocycles. The Morgan fingerprint density at radius 2 is 1.93 bits per heavy atom. The number of carbonyl (C=O) groups excluding carboxylic acids is 2. The van der Waals surface area contributed by atoms with E-state index in [0.717, 1.165) is 0 Å². The van der Waals surface area contributed by atoms with Crippen molar-refractivity contribution >= 4 is 46.7 Å². The van der Waals surface area contributed by atoms with Crippen molar-refractivity contribution < 1.29 is 18.8 Å². The molecule has 0 aliphatic heterocycles. The molecule has 1 aromatic heterocycles. The summed E-state index contributed by atoms with van der Waals surface area (Å²) in [6, 6.07) is 15.8. The van der Waals surface area contributed by atoms with E-state index < -0.39 is 5.25 Å². The standard InChI is InChI=1S/C21H20ClN3O4S/c1-13-10-19(25-29-13)24-21(27)14(2)30-12-20(26)23-17-11-15(22)8-9-18(17)28-16-6-4-3-5-7-16/h3-11,14H,12H2,1-2H3,(H,23,26)(H,24,25,27)/t14-/m0/s1. The summed E-state index contributed by atoms with van der Waals surface area (Å²) in [6.45, 7) is 3.44. The smallest absolute Gasteiger partial charge is 0.238 e. The second kappa shape index (κ2) is 10.2. The fraction of sp³-hybridized carbons (Fsp3) is 0.190. The molecule has 7 nitrogen and oxygen atoms in total. The Morgan fingerprint density at radius 3 is 2.63 bits per heavy atom. The van der Waals surface area contributed by atoms with Gasteiger partial charge in [0.2, 0.25) is 11.8 Å². The number of carbonyl (C=O) groups is 2. The topological polar surface area (TPSA) is 93.5 Å². The van der Waals surface area contributed by atoms with Gasteiger partial charge >= 0.3 is 0 Å². The lowest BCUT2D eigenvalue weighted by molar-refractivity contribution is -0.115. The van der Waals surface area contributed by atoms with Crippen molar-refractivity contribution in [3.63, 3.8) is 0 Å². The largest absolute Gasteiger partial charge is 0.455 e. The van der Waals surface area contributed by atoms with Gasteiger partial charge < -0.3 is 19.9 Å². The highest BCUT2D eigenvalue weighted by Gasteiger charge is 2.18. The SMILES string of the molecule is Cc1cc(NC(=O)[C@H](C)SCC(=O)Nc2cc(Cl)ccc2Oc2ccccc2)no1. The summed E-state index contributed by atoms with van der Waals surface area (Å²) in [7, 11) is 0. The first-order valence-corrected chi connectivity index (χ1v) is 10.5. The van der Waals surface area contributed by atoms with Crippen LogP contribution in [0.2, 0.25) is 5.02 Å². The summed E-state index contributed by atoms with van der Waals surface area (Å²) in [6.07, 6.45) is 0. The zero-order valence-corrected chi connectivity index (χ0v) is 17.9. The number of amides is 2. The highest BCUT2D eigenvalue weighted by Crippen LogP contribution is 2.32. The quantitative estimate of drug-likeness (QED) is 0.499. The predicted octanol–water partition coefficient (Wildman–Crippen LogP) is 5.13. The van der Waals surface area contributed by atoms with Crippen molar-refractivity contribution in [3.8, 4) is 11.5 Å². The van der Waals surface area contributed by atoms with Crippen LogP contribution in [0.15, 0.2) is 59.1 Å². The van der Waals surface area contributed by atoms with Crippen LogP contribution in [0, 0.1) is 6.92 Å². The molecule has 0 fully saturated rings. The zero-order chi connectivity index (χ0) is 21.5. The molecule has 9 heteroatoms. The van der Waals surface area contributed by atoms with Gasteiger partial charge in [-0.15, -0.1) is 11.8 Å². The first-order valence-electron chi connectivity index (χ1n) is 9.09. The van der Waals surface area contributed by atoms with E-state index in [4.69, 9.17) is 20.9 Å². The van der Waals surface area contributed by atoms with Gasteiger partial charge in [0.1, 0.15) is 11.5 Å². The molecule has 1 atom stereocenters. The van der Waals surface area contributed by atoms with Gasteiger partial charge in [0.05, 0.1) is 16.7 Å². The number of halogens is 1. The number of para-hydroxylation sites is 1. The Kier molecular flexibility index (Phi) is 7.37. The Bertz CT molecular complexity index is 1030. The third-order valence-corrected chi connectivity index (χ3v) is 5.28. The Morgan fingerprint density at radius 1 is 1.17 bits per heavy atom. The summed E-state index contributed by atoms with van der Waals surface area (Å²) in [5, 5.41) is 9.16. The molecule has 0 aliphatic carbocycles. The average molecular weight is 446 g/mol. The van der Waals surface area contributed by atoms with Crippen molar-refractivity contribution in [1.82, 2.24) is 5.16 Å². The van der Waals surface area contributed by atoms with E-state index in [9.17, 15) is 9.59 Å². The molecule has 2 N–H and O–H groups in total. The molecule has 2 aromatic carbocycles. The fourth-order valence-electron chi connectivity index (χ4n) is 2.42. The molecule has 30 heavy (non-hydrogen) atoms. The van der Waals surface area contributed by atoms with Crippen molar-refractivity contribution in [2.75, 3.05) is 16.4 Å². The summed E-state index contributed by atoms with van der Waals surface area (Å²) >= 11 is 7.27. The summed E-state index contributed by atoms with van der Waals surface area (Å²) in [4.78, 5) is 24.6.